The number of nitrogens with zero attached hydrogens (tertiary/aromatic N) is 1. The summed E-state index contributed by atoms with van der Waals surface area (Å²) in [4.78, 5) is 14.9. The minimum absolute atomic E-state index is 0.0151. The summed E-state index contributed by atoms with van der Waals surface area (Å²) < 4.78 is 5.66. The van der Waals surface area contributed by atoms with Crippen LogP contribution in [-0.4, -0.2) is 41.2 Å². The second-order valence-corrected chi connectivity index (χ2v) is 5.98. The third kappa shape index (κ3) is 2.26. The van der Waals surface area contributed by atoms with Crippen molar-refractivity contribution in [3.05, 3.63) is 0 Å². The smallest absolute Gasteiger partial charge is 0.322 e. The molecular formula is C13H20N2O2S. The second kappa shape index (κ2) is 5.13. The van der Waals surface area contributed by atoms with Crippen molar-refractivity contribution in [2.75, 3.05) is 13.2 Å². The third-order valence-electron chi connectivity index (χ3n) is 4.38. The van der Waals surface area contributed by atoms with E-state index in [9.17, 15) is 4.79 Å². The van der Waals surface area contributed by atoms with Gasteiger partial charge in [0, 0.05) is 25.1 Å². The number of hydrogen-bond acceptors (Lipinski definition) is 3. The molecule has 100 valence electrons. The number of hydrogen-bond donors (Lipinski definition) is 1. The predicted molar refractivity (Wildman–Crippen MR) is 72.6 cm³/mol. The van der Waals surface area contributed by atoms with Crippen molar-refractivity contribution in [1.82, 2.24) is 10.2 Å². The van der Waals surface area contributed by atoms with Gasteiger partial charge >= 0.3 is 6.03 Å². The van der Waals surface area contributed by atoms with Gasteiger partial charge in [-0.1, -0.05) is 25.1 Å². The normalized spacial score (nSPS) is 36.4. The third-order valence-corrected chi connectivity index (χ3v) is 4.79. The molecule has 2 amide bonds. The van der Waals surface area contributed by atoms with Crippen molar-refractivity contribution < 1.29 is 9.53 Å². The van der Waals surface area contributed by atoms with Crippen molar-refractivity contribution in [2.45, 2.75) is 50.7 Å². The van der Waals surface area contributed by atoms with Gasteiger partial charge in [-0.3, -0.25) is 0 Å². The molecule has 3 unspecified atom stereocenters. The van der Waals surface area contributed by atoms with E-state index < -0.39 is 0 Å². The largest absolute Gasteiger partial charge is 0.376 e. The number of rotatable bonds is 2. The van der Waals surface area contributed by atoms with E-state index in [1.54, 1.807) is 0 Å². The Morgan fingerprint density at radius 1 is 1.28 bits per heavy atom. The highest BCUT2D eigenvalue weighted by molar-refractivity contribution is 7.80. The van der Waals surface area contributed by atoms with Crippen molar-refractivity contribution in [2.24, 2.45) is 5.92 Å². The van der Waals surface area contributed by atoms with Gasteiger partial charge in [-0.05, 0) is 25.7 Å². The molecule has 2 saturated heterocycles. The number of amides is 2. The lowest BCUT2D eigenvalue weighted by Crippen LogP contribution is -2.61. The number of carbonyl (C=O) groups excluding carboxylic acids is 1. The molecule has 4 nitrogen and oxygen atoms in total. The van der Waals surface area contributed by atoms with Gasteiger partial charge in [-0.15, -0.1) is 0 Å². The van der Waals surface area contributed by atoms with Gasteiger partial charge in [-0.2, -0.15) is 0 Å². The first kappa shape index (κ1) is 12.4. The minimum Gasteiger partial charge on any atom is -0.376 e. The topological polar surface area (TPSA) is 41.6 Å². The maximum Gasteiger partial charge on any atom is 0.322 e. The number of thiocarbonyl (C=S) groups is 1. The van der Waals surface area contributed by atoms with Crippen LogP contribution in [0.15, 0.2) is 0 Å². The molecule has 0 spiro atoms. The highest BCUT2D eigenvalue weighted by Crippen LogP contribution is 2.32. The zero-order valence-electron chi connectivity index (χ0n) is 10.6. The molecule has 0 aromatic carbocycles. The van der Waals surface area contributed by atoms with Crippen LogP contribution in [0, 0.1) is 5.92 Å². The molecule has 1 saturated carbocycles. The summed E-state index contributed by atoms with van der Waals surface area (Å²) in [5.41, 5.74) is 0. The molecule has 1 N–H and O–H groups in total. The first-order chi connectivity index (χ1) is 8.75. The van der Waals surface area contributed by atoms with Gasteiger partial charge in [0.25, 0.3) is 0 Å². The van der Waals surface area contributed by atoms with Gasteiger partial charge < -0.3 is 15.0 Å². The average Bonchev–Trinajstić information content (AvgIpc) is 2.87. The summed E-state index contributed by atoms with van der Waals surface area (Å²) in [5, 5.41) is 2.87. The van der Waals surface area contributed by atoms with E-state index in [1.807, 2.05) is 4.90 Å². The van der Waals surface area contributed by atoms with Crippen molar-refractivity contribution in [3.8, 4) is 0 Å². The summed E-state index contributed by atoms with van der Waals surface area (Å²) in [5.74, 6) is 0.368. The van der Waals surface area contributed by atoms with Gasteiger partial charge in [0.2, 0.25) is 0 Å². The van der Waals surface area contributed by atoms with Crippen LogP contribution in [0.3, 0.4) is 0 Å². The van der Waals surface area contributed by atoms with Gasteiger partial charge in [0.05, 0.1) is 11.1 Å². The van der Waals surface area contributed by atoms with E-state index in [0.717, 1.165) is 43.8 Å². The Morgan fingerprint density at radius 3 is 2.89 bits per heavy atom. The van der Waals surface area contributed by atoms with Crippen LogP contribution in [0.4, 0.5) is 4.79 Å². The molecule has 3 fully saturated rings. The quantitative estimate of drug-likeness (QED) is 0.780. The Hall–Kier alpha value is -0.680. The standard InChI is InChI=1S/C13H20N2O2S/c16-13-14-12(18)10-5-1-2-6-11(10)15(13)8-9-4-3-7-17-9/h9-11H,1-8H2,(H,14,16,18). The van der Waals surface area contributed by atoms with E-state index in [4.69, 9.17) is 17.0 Å². The van der Waals surface area contributed by atoms with Gasteiger partial charge in [-0.25, -0.2) is 4.79 Å². The van der Waals surface area contributed by atoms with Crippen molar-refractivity contribution in [3.63, 3.8) is 0 Å². The van der Waals surface area contributed by atoms with Gasteiger partial charge in [0.15, 0.2) is 0 Å². The molecular weight excluding hydrogens is 248 g/mol. The summed E-state index contributed by atoms with van der Waals surface area (Å²) in [6, 6.07) is 0.294. The maximum atomic E-state index is 12.1. The number of urea groups is 1. The van der Waals surface area contributed by atoms with Crippen LogP contribution in [-0.2, 0) is 4.74 Å². The summed E-state index contributed by atoms with van der Waals surface area (Å²) >= 11 is 5.33. The molecule has 18 heavy (non-hydrogen) atoms. The van der Waals surface area contributed by atoms with Crippen LogP contribution >= 0.6 is 12.2 Å². The monoisotopic (exact) mass is 268 g/mol. The Labute approximate surface area is 113 Å². The number of carbonyl (C=O) groups is 1. The molecule has 3 rings (SSSR count). The number of nitrogens with one attached hydrogen (secondary N) is 1. The number of fused-ring (bicyclic) bond motifs is 1. The SMILES string of the molecule is O=C1NC(=S)C2CCCCC2N1CC1CCCO1. The lowest BCUT2D eigenvalue weighted by Gasteiger charge is -2.44. The van der Waals surface area contributed by atoms with E-state index in [0.29, 0.717) is 12.0 Å². The molecule has 5 heteroatoms. The minimum atomic E-state index is -0.0151. The Bertz CT molecular complexity index is 355. The summed E-state index contributed by atoms with van der Waals surface area (Å²) in [7, 11) is 0. The molecule has 3 aliphatic rings. The van der Waals surface area contributed by atoms with Crippen LogP contribution in [0.5, 0.6) is 0 Å². The second-order valence-electron chi connectivity index (χ2n) is 5.54. The molecule has 0 aromatic rings. The molecule has 0 radical (unpaired) electrons. The van der Waals surface area contributed by atoms with E-state index in [-0.39, 0.29) is 12.1 Å². The van der Waals surface area contributed by atoms with Crippen LogP contribution < -0.4 is 5.32 Å². The zero-order chi connectivity index (χ0) is 12.5. The summed E-state index contributed by atoms with van der Waals surface area (Å²) in [6.07, 6.45) is 7.06. The molecule has 3 atom stereocenters. The Balaban J connectivity index is 1.73. The maximum absolute atomic E-state index is 12.1. The lowest BCUT2D eigenvalue weighted by atomic mass is 9.82. The van der Waals surface area contributed by atoms with Crippen LogP contribution in [0.1, 0.15) is 38.5 Å². The average molecular weight is 268 g/mol. The van der Waals surface area contributed by atoms with E-state index in [2.05, 4.69) is 5.32 Å². The first-order valence-electron chi connectivity index (χ1n) is 6.99. The van der Waals surface area contributed by atoms with Crippen molar-refractivity contribution in [1.29, 1.82) is 0 Å². The highest BCUT2D eigenvalue weighted by atomic mass is 32.1. The van der Waals surface area contributed by atoms with E-state index in [1.165, 1.54) is 12.8 Å². The molecule has 2 aliphatic heterocycles. The van der Waals surface area contributed by atoms with Gasteiger partial charge in [0.1, 0.15) is 0 Å². The molecule has 0 aromatic heterocycles. The van der Waals surface area contributed by atoms with E-state index >= 15 is 0 Å². The zero-order valence-corrected chi connectivity index (χ0v) is 11.4. The summed E-state index contributed by atoms with van der Waals surface area (Å²) in [6.45, 7) is 1.57. The molecule has 0 bridgehead atoms. The fourth-order valence-corrected chi connectivity index (χ4v) is 3.80. The van der Waals surface area contributed by atoms with Crippen LogP contribution in [0.25, 0.3) is 0 Å². The first-order valence-corrected chi connectivity index (χ1v) is 7.39. The van der Waals surface area contributed by atoms with Crippen molar-refractivity contribution >= 4 is 23.2 Å². The molecule has 2 heterocycles. The lowest BCUT2D eigenvalue weighted by molar-refractivity contribution is 0.0540. The molecule has 1 aliphatic carbocycles. The fourth-order valence-electron chi connectivity index (χ4n) is 3.44. The highest BCUT2D eigenvalue weighted by Gasteiger charge is 2.41. The predicted octanol–water partition coefficient (Wildman–Crippen LogP) is 2.08. The van der Waals surface area contributed by atoms with Crippen LogP contribution in [0.2, 0.25) is 0 Å². The Morgan fingerprint density at radius 2 is 2.11 bits per heavy atom. The fraction of sp³-hybridized carbons (Fsp3) is 0.846. The number of ether oxygens (including phenoxy) is 1. The Kier molecular flexibility index (Phi) is 3.52.